The molecule has 4 aliphatic rings. The number of piperidine rings is 3. The van der Waals surface area contributed by atoms with Crippen LogP contribution in [-0.2, 0) is 16.6 Å². The molecule has 3 saturated heterocycles. The second-order valence-corrected chi connectivity index (χ2v) is 15.9. The summed E-state index contributed by atoms with van der Waals surface area (Å²) in [6.45, 7) is 9.69. The highest BCUT2D eigenvalue weighted by molar-refractivity contribution is 7.92. The van der Waals surface area contributed by atoms with Crippen molar-refractivity contribution >= 4 is 15.7 Å². The van der Waals surface area contributed by atoms with E-state index in [-0.39, 0.29) is 24.1 Å². The molecule has 7 rings (SSSR count). The lowest BCUT2D eigenvalue weighted by Gasteiger charge is -2.62. The van der Waals surface area contributed by atoms with Gasteiger partial charge in [0.2, 0.25) is 10.0 Å². The molecular weight excluding hydrogens is 579 g/mol. The first-order valence-corrected chi connectivity index (χ1v) is 18.9. The molecule has 0 amide bonds. The number of nitrogens with zero attached hydrogens (tertiary/aromatic N) is 2. The molecule has 1 N–H and O–H groups in total. The van der Waals surface area contributed by atoms with Gasteiger partial charge < -0.3 is 10.1 Å². The van der Waals surface area contributed by atoms with Crippen molar-refractivity contribution in [3.63, 3.8) is 0 Å². The molecule has 242 valence electrons. The van der Waals surface area contributed by atoms with Gasteiger partial charge >= 0.3 is 0 Å². The van der Waals surface area contributed by atoms with Gasteiger partial charge in [-0.15, -0.1) is 0 Å². The molecule has 6 unspecified atom stereocenters. The van der Waals surface area contributed by atoms with Gasteiger partial charge in [-0.1, -0.05) is 73.5 Å². The lowest BCUT2D eigenvalue weighted by Crippen LogP contribution is -2.71. The fourth-order valence-corrected chi connectivity index (χ4v) is 10.2. The molecule has 6 atom stereocenters. The molecule has 3 aliphatic heterocycles. The minimum Gasteiger partial charge on any atom is -0.491 e. The largest absolute Gasteiger partial charge is 0.491 e. The van der Waals surface area contributed by atoms with E-state index in [4.69, 9.17) is 4.74 Å². The normalized spacial score (nSPS) is 26.3. The molecule has 3 aromatic rings. The highest BCUT2D eigenvalue weighted by atomic mass is 32.2. The van der Waals surface area contributed by atoms with Crippen LogP contribution >= 0.6 is 0 Å². The molecule has 2 bridgehead atoms. The fourth-order valence-electron chi connectivity index (χ4n) is 8.89. The minimum atomic E-state index is -3.44. The predicted molar refractivity (Wildman–Crippen MR) is 184 cm³/mol. The van der Waals surface area contributed by atoms with E-state index < -0.39 is 10.0 Å². The average molecular weight is 630 g/mol. The fraction of sp³-hybridized carbons (Fsp3) is 0.526. The van der Waals surface area contributed by atoms with Crippen LogP contribution < -0.4 is 14.4 Å². The summed E-state index contributed by atoms with van der Waals surface area (Å²) in [5.41, 5.74) is 4.42. The van der Waals surface area contributed by atoms with Gasteiger partial charge in [-0.25, -0.2) is 8.42 Å². The van der Waals surface area contributed by atoms with E-state index in [0.29, 0.717) is 36.2 Å². The van der Waals surface area contributed by atoms with Gasteiger partial charge in [0.05, 0.1) is 18.0 Å². The summed E-state index contributed by atoms with van der Waals surface area (Å²) < 4.78 is 33.5. The number of nitrogens with one attached hydrogen (secondary N) is 1. The molecule has 0 radical (unpaired) electrons. The zero-order valence-electron chi connectivity index (χ0n) is 27.6. The number of fused-ring (bicyclic) bond motifs is 2. The second-order valence-electron chi connectivity index (χ2n) is 14.0. The van der Waals surface area contributed by atoms with Crippen LogP contribution in [0.15, 0.2) is 78.9 Å². The number of ether oxygens (including phenoxy) is 1. The van der Waals surface area contributed by atoms with Crippen molar-refractivity contribution in [1.82, 2.24) is 10.2 Å². The highest BCUT2D eigenvalue weighted by Crippen LogP contribution is 2.51. The van der Waals surface area contributed by atoms with Crippen molar-refractivity contribution in [3.05, 3.63) is 95.6 Å². The number of benzene rings is 3. The second kappa shape index (κ2) is 13.5. The lowest BCUT2D eigenvalue weighted by atomic mass is 9.60. The van der Waals surface area contributed by atoms with Gasteiger partial charge in [-0.2, -0.15) is 0 Å². The van der Waals surface area contributed by atoms with Crippen LogP contribution in [0.4, 0.5) is 5.69 Å². The van der Waals surface area contributed by atoms with Crippen LogP contribution in [0.3, 0.4) is 0 Å². The first-order valence-electron chi connectivity index (χ1n) is 17.0. The number of rotatable bonds is 11. The van der Waals surface area contributed by atoms with Crippen molar-refractivity contribution in [2.24, 2.45) is 11.8 Å². The van der Waals surface area contributed by atoms with Crippen molar-refractivity contribution in [3.8, 4) is 5.75 Å². The Kier molecular flexibility index (Phi) is 9.60. The van der Waals surface area contributed by atoms with E-state index in [9.17, 15) is 8.42 Å². The van der Waals surface area contributed by atoms with Gasteiger partial charge in [0, 0.05) is 42.2 Å². The number of anilines is 1. The van der Waals surface area contributed by atoms with Gasteiger partial charge in [0.1, 0.15) is 5.75 Å². The van der Waals surface area contributed by atoms with Crippen molar-refractivity contribution in [1.29, 1.82) is 0 Å². The first-order chi connectivity index (χ1) is 21.6. The summed E-state index contributed by atoms with van der Waals surface area (Å²) in [6.07, 6.45) is 7.78. The van der Waals surface area contributed by atoms with Gasteiger partial charge in [0.15, 0.2) is 0 Å². The molecule has 4 fully saturated rings. The van der Waals surface area contributed by atoms with Crippen LogP contribution in [0.5, 0.6) is 5.75 Å². The number of hydrogen-bond donors (Lipinski definition) is 1. The molecule has 3 heterocycles. The van der Waals surface area contributed by atoms with Crippen molar-refractivity contribution < 1.29 is 13.2 Å². The standard InChI is InChI=1S/C38H51N3O3S/c1-26(2)41(45(5,42)43)31-20-21-35(44-27(3)4)30(24-31)25-39-37-33-22-23-40(34-19-13-12-18-32(33)34)38(37)36(28-14-8-6-9-15-28)29-16-10-7-11-17-29/h6-11,14-17,20-21,24,26-27,32-34,36-39H,12-13,18-19,22-23,25H2,1-5H3. The number of sulfonamides is 1. The SMILES string of the molecule is CC(C)Oc1ccc(N(C(C)C)S(C)(=O)=O)cc1CNC1C2CCN(C3CCCCC23)C1C(c1ccccc1)c1ccccc1. The van der Waals surface area contributed by atoms with Gasteiger partial charge in [0.25, 0.3) is 0 Å². The maximum absolute atomic E-state index is 12.8. The molecule has 6 nitrogen and oxygen atoms in total. The predicted octanol–water partition coefficient (Wildman–Crippen LogP) is 7.20. The Balaban J connectivity index is 1.40. The highest BCUT2D eigenvalue weighted by Gasteiger charge is 2.55. The van der Waals surface area contributed by atoms with Gasteiger partial charge in [-0.05, 0) is 94.7 Å². The van der Waals surface area contributed by atoms with E-state index in [1.54, 1.807) is 0 Å². The third-order valence-corrected chi connectivity index (χ3v) is 11.7. The van der Waals surface area contributed by atoms with Gasteiger partial charge in [-0.3, -0.25) is 9.21 Å². The van der Waals surface area contributed by atoms with Crippen molar-refractivity contribution in [2.75, 3.05) is 17.1 Å². The Hall–Kier alpha value is -2.87. The third-order valence-electron chi connectivity index (χ3n) is 10.4. The van der Waals surface area contributed by atoms with Crippen LogP contribution in [0.2, 0.25) is 0 Å². The Labute approximate surface area is 271 Å². The van der Waals surface area contributed by atoms with Crippen LogP contribution in [0.1, 0.15) is 82.4 Å². The Morgan fingerprint density at radius 3 is 2.11 bits per heavy atom. The summed E-state index contributed by atoms with van der Waals surface area (Å²) in [4.78, 5) is 2.89. The molecule has 45 heavy (non-hydrogen) atoms. The summed E-state index contributed by atoms with van der Waals surface area (Å²) >= 11 is 0. The summed E-state index contributed by atoms with van der Waals surface area (Å²) in [6, 6.07) is 29.1. The Morgan fingerprint density at radius 2 is 1.51 bits per heavy atom. The smallest absolute Gasteiger partial charge is 0.232 e. The molecular formula is C38H51N3O3S. The maximum atomic E-state index is 12.8. The van der Waals surface area contributed by atoms with E-state index in [1.807, 2.05) is 45.9 Å². The molecule has 7 heteroatoms. The summed E-state index contributed by atoms with van der Waals surface area (Å²) in [7, 11) is -3.44. The molecule has 1 aliphatic carbocycles. The summed E-state index contributed by atoms with van der Waals surface area (Å²) in [5.74, 6) is 2.37. The van der Waals surface area contributed by atoms with E-state index in [0.717, 1.165) is 17.9 Å². The van der Waals surface area contributed by atoms with Crippen LogP contribution in [0.25, 0.3) is 0 Å². The van der Waals surface area contributed by atoms with E-state index in [1.165, 1.54) is 53.8 Å². The first kappa shape index (κ1) is 32.1. The molecule has 0 aromatic heterocycles. The maximum Gasteiger partial charge on any atom is 0.232 e. The topological polar surface area (TPSA) is 61.9 Å². The molecule has 3 aromatic carbocycles. The molecule has 0 spiro atoms. The Bertz CT molecular complexity index is 1490. The van der Waals surface area contributed by atoms with Crippen LogP contribution in [0, 0.1) is 11.8 Å². The zero-order valence-corrected chi connectivity index (χ0v) is 28.4. The van der Waals surface area contributed by atoms with E-state index >= 15 is 0 Å². The third kappa shape index (κ3) is 6.68. The van der Waals surface area contributed by atoms with Crippen molar-refractivity contribution in [2.45, 2.75) is 103 Å². The van der Waals surface area contributed by atoms with Crippen LogP contribution in [-0.4, -0.2) is 56.4 Å². The lowest BCUT2D eigenvalue weighted by molar-refractivity contribution is -0.0982. The van der Waals surface area contributed by atoms with E-state index in [2.05, 4.69) is 70.9 Å². The zero-order chi connectivity index (χ0) is 31.7. The number of hydrogen-bond acceptors (Lipinski definition) is 5. The summed E-state index contributed by atoms with van der Waals surface area (Å²) in [5, 5.41) is 4.13. The Morgan fingerprint density at radius 1 is 0.867 bits per heavy atom. The average Bonchev–Trinajstić information content (AvgIpc) is 3.02. The quantitative estimate of drug-likeness (QED) is 0.243. The minimum absolute atomic E-state index is 0.0128. The molecule has 1 saturated carbocycles. The monoisotopic (exact) mass is 629 g/mol.